The van der Waals surface area contributed by atoms with Crippen molar-refractivity contribution in [1.29, 1.82) is 0 Å². The van der Waals surface area contributed by atoms with Crippen LogP contribution >= 0.6 is 11.6 Å². The van der Waals surface area contributed by atoms with E-state index in [0.717, 1.165) is 16.7 Å². The van der Waals surface area contributed by atoms with Gasteiger partial charge in [-0.05, 0) is 42.3 Å². The zero-order valence-corrected chi connectivity index (χ0v) is 14.1. The number of nitrogens with two attached hydrogens (primary N) is 1. The number of ether oxygens (including phenoxy) is 1. The number of aromatic hydroxyl groups is 1. The van der Waals surface area contributed by atoms with Crippen molar-refractivity contribution in [3.8, 4) is 22.6 Å². The number of hydrogen-bond acceptors (Lipinski definition) is 4. The first-order chi connectivity index (χ1) is 11.5. The largest absolute Gasteiger partial charge is 0.504 e. The van der Waals surface area contributed by atoms with Crippen molar-refractivity contribution in [1.82, 2.24) is 4.90 Å². The molecule has 1 aliphatic rings. The Labute approximate surface area is 145 Å². The van der Waals surface area contributed by atoms with Crippen LogP contribution in [-0.4, -0.2) is 35.1 Å². The second-order valence-electron chi connectivity index (χ2n) is 5.89. The molecule has 1 atom stereocenters. The fourth-order valence-corrected chi connectivity index (χ4v) is 3.00. The summed E-state index contributed by atoms with van der Waals surface area (Å²) >= 11 is 6.05. The topological polar surface area (TPSA) is 75.8 Å². The van der Waals surface area contributed by atoms with Gasteiger partial charge in [-0.3, -0.25) is 4.79 Å². The van der Waals surface area contributed by atoms with Crippen LogP contribution in [0.2, 0.25) is 5.02 Å². The lowest BCUT2D eigenvalue weighted by atomic mass is 10.0. The van der Waals surface area contributed by atoms with E-state index in [0.29, 0.717) is 30.5 Å². The van der Waals surface area contributed by atoms with Crippen molar-refractivity contribution in [3.05, 3.63) is 47.0 Å². The van der Waals surface area contributed by atoms with Crippen molar-refractivity contribution in [3.63, 3.8) is 0 Å². The van der Waals surface area contributed by atoms with Gasteiger partial charge in [-0.2, -0.15) is 0 Å². The van der Waals surface area contributed by atoms with Crippen LogP contribution in [0.1, 0.15) is 12.5 Å². The first-order valence-corrected chi connectivity index (χ1v) is 8.12. The van der Waals surface area contributed by atoms with Gasteiger partial charge in [0.15, 0.2) is 11.5 Å². The molecule has 1 amide bonds. The molecule has 2 aromatic carbocycles. The van der Waals surface area contributed by atoms with Gasteiger partial charge in [0, 0.05) is 17.1 Å². The standard InChI is InChI=1S/C18H19ClN2O3/c1-11(20)18(23)21-5-6-24-17-14(10-21)7-13(9-16(17)22)12-3-2-4-15(19)8-12/h2-4,7-9,11,22H,5-6,10,20H2,1H3. The number of hydrogen-bond donors (Lipinski definition) is 2. The fourth-order valence-electron chi connectivity index (χ4n) is 2.81. The molecule has 0 saturated carbocycles. The average Bonchev–Trinajstić information content (AvgIpc) is 2.76. The number of fused-ring (bicyclic) bond motifs is 1. The Bertz CT molecular complexity index is 777. The van der Waals surface area contributed by atoms with Gasteiger partial charge in [0.1, 0.15) is 6.61 Å². The number of benzene rings is 2. The number of carbonyl (C=O) groups excluding carboxylic acids is 1. The van der Waals surface area contributed by atoms with E-state index >= 15 is 0 Å². The molecular weight excluding hydrogens is 328 g/mol. The number of phenols is 1. The molecule has 0 bridgehead atoms. The number of phenolic OH excluding ortho intramolecular Hbond substituents is 1. The lowest BCUT2D eigenvalue weighted by molar-refractivity contribution is -0.132. The van der Waals surface area contributed by atoms with Crippen LogP contribution in [0.5, 0.6) is 11.5 Å². The molecule has 0 aliphatic carbocycles. The number of carbonyl (C=O) groups is 1. The molecule has 0 radical (unpaired) electrons. The normalized spacial score (nSPS) is 15.2. The minimum absolute atomic E-state index is 0.0533. The summed E-state index contributed by atoms with van der Waals surface area (Å²) in [7, 11) is 0. The summed E-state index contributed by atoms with van der Waals surface area (Å²) < 4.78 is 5.64. The Morgan fingerprint density at radius 1 is 1.33 bits per heavy atom. The maximum Gasteiger partial charge on any atom is 0.239 e. The average molecular weight is 347 g/mol. The molecule has 126 valence electrons. The molecule has 1 heterocycles. The Morgan fingerprint density at radius 3 is 2.83 bits per heavy atom. The first-order valence-electron chi connectivity index (χ1n) is 7.74. The van der Waals surface area contributed by atoms with Gasteiger partial charge in [-0.1, -0.05) is 23.7 Å². The third-order valence-electron chi connectivity index (χ3n) is 3.97. The lowest BCUT2D eigenvalue weighted by Crippen LogP contribution is -2.42. The van der Waals surface area contributed by atoms with E-state index in [2.05, 4.69) is 0 Å². The summed E-state index contributed by atoms with van der Waals surface area (Å²) in [4.78, 5) is 13.9. The van der Waals surface area contributed by atoms with Crippen LogP contribution in [0.25, 0.3) is 11.1 Å². The smallest absolute Gasteiger partial charge is 0.239 e. The SMILES string of the molecule is CC(N)C(=O)N1CCOc2c(O)cc(-c3cccc(Cl)c3)cc2C1. The van der Waals surface area contributed by atoms with E-state index < -0.39 is 6.04 Å². The summed E-state index contributed by atoms with van der Waals surface area (Å²) in [5.41, 5.74) is 8.15. The molecule has 1 unspecified atom stereocenters. The van der Waals surface area contributed by atoms with E-state index in [-0.39, 0.29) is 11.7 Å². The second-order valence-corrected chi connectivity index (χ2v) is 6.33. The highest BCUT2D eigenvalue weighted by Crippen LogP contribution is 2.38. The molecule has 1 aliphatic heterocycles. The second kappa shape index (κ2) is 6.71. The Morgan fingerprint density at radius 2 is 2.12 bits per heavy atom. The van der Waals surface area contributed by atoms with Crippen molar-refractivity contribution >= 4 is 17.5 Å². The van der Waals surface area contributed by atoms with Gasteiger partial charge in [0.05, 0.1) is 12.6 Å². The molecule has 0 saturated heterocycles. The molecule has 6 heteroatoms. The van der Waals surface area contributed by atoms with Crippen LogP contribution in [0.15, 0.2) is 36.4 Å². The minimum atomic E-state index is -0.573. The van der Waals surface area contributed by atoms with Crippen LogP contribution in [0, 0.1) is 0 Å². The number of halogens is 1. The molecule has 3 rings (SSSR count). The Balaban J connectivity index is 2.01. The molecule has 24 heavy (non-hydrogen) atoms. The first kappa shape index (κ1) is 16.6. The van der Waals surface area contributed by atoms with E-state index in [4.69, 9.17) is 22.1 Å². The molecule has 0 fully saturated rings. The Kier molecular flexibility index (Phi) is 4.64. The number of amides is 1. The summed E-state index contributed by atoms with van der Waals surface area (Å²) in [5.74, 6) is 0.331. The van der Waals surface area contributed by atoms with Crippen molar-refractivity contribution in [2.24, 2.45) is 5.73 Å². The highest BCUT2D eigenvalue weighted by atomic mass is 35.5. The molecule has 2 aromatic rings. The van der Waals surface area contributed by atoms with Gasteiger partial charge in [0.2, 0.25) is 5.91 Å². The predicted octanol–water partition coefficient (Wildman–Crippen LogP) is 2.78. The lowest BCUT2D eigenvalue weighted by Gasteiger charge is -2.22. The van der Waals surface area contributed by atoms with E-state index in [1.165, 1.54) is 0 Å². The van der Waals surface area contributed by atoms with E-state index in [9.17, 15) is 9.90 Å². The summed E-state index contributed by atoms with van der Waals surface area (Å²) in [6, 6.07) is 10.4. The quantitative estimate of drug-likeness (QED) is 0.876. The summed E-state index contributed by atoms with van der Waals surface area (Å²) in [5, 5.41) is 11.0. The third kappa shape index (κ3) is 3.32. The highest BCUT2D eigenvalue weighted by Gasteiger charge is 2.24. The summed E-state index contributed by atoms with van der Waals surface area (Å²) in [6.07, 6.45) is 0. The van der Waals surface area contributed by atoms with E-state index in [1.54, 1.807) is 24.0 Å². The monoisotopic (exact) mass is 346 g/mol. The zero-order valence-electron chi connectivity index (χ0n) is 13.3. The van der Waals surface area contributed by atoms with Crippen molar-refractivity contribution in [2.45, 2.75) is 19.5 Å². The number of rotatable bonds is 2. The van der Waals surface area contributed by atoms with Gasteiger partial charge in [-0.25, -0.2) is 0 Å². The molecule has 3 N–H and O–H groups in total. The van der Waals surface area contributed by atoms with Crippen LogP contribution in [0.4, 0.5) is 0 Å². The molecule has 5 nitrogen and oxygen atoms in total. The van der Waals surface area contributed by atoms with Crippen LogP contribution in [-0.2, 0) is 11.3 Å². The van der Waals surface area contributed by atoms with Gasteiger partial charge < -0.3 is 20.5 Å². The summed E-state index contributed by atoms with van der Waals surface area (Å²) in [6.45, 7) is 2.75. The van der Waals surface area contributed by atoms with E-state index in [1.807, 2.05) is 24.3 Å². The maximum atomic E-state index is 12.2. The van der Waals surface area contributed by atoms with Crippen molar-refractivity contribution < 1.29 is 14.6 Å². The highest BCUT2D eigenvalue weighted by molar-refractivity contribution is 6.30. The predicted molar refractivity (Wildman–Crippen MR) is 93.1 cm³/mol. The fraction of sp³-hybridized carbons (Fsp3) is 0.278. The third-order valence-corrected chi connectivity index (χ3v) is 4.21. The van der Waals surface area contributed by atoms with Crippen LogP contribution in [0.3, 0.4) is 0 Å². The molecule has 0 spiro atoms. The zero-order chi connectivity index (χ0) is 17.3. The van der Waals surface area contributed by atoms with Crippen molar-refractivity contribution in [2.75, 3.05) is 13.2 Å². The molecule has 0 aromatic heterocycles. The maximum absolute atomic E-state index is 12.2. The van der Waals surface area contributed by atoms with Crippen LogP contribution < -0.4 is 10.5 Å². The number of nitrogens with zero attached hydrogens (tertiary/aromatic N) is 1. The van der Waals surface area contributed by atoms with Gasteiger partial charge in [0.25, 0.3) is 0 Å². The Hall–Kier alpha value is -2.24. The minimum Gasteiger partial charge on any atom is -0.504 e. The van der Waals surface area contributed by atoms with Gasteiger partial charge in [-0.15, -0.1) is 0 Å². The van der Waals surface area contributed by atoms with Gasteiger partial charge >= 0.3 is 0 Å². The molecular formula is C18H19ClN2O3.